The summed E-state index contributed by atoms with van der Waals surface area (Å²) in [7, 11) is -3.55. The molecule has 0 N–H and O–H groups in total. The highest BCUT2D eigenvalue weighted by Gasteiger charge is 2.19. The van der Waals surface area contributed by atoms with Gasteiger partial charge in [-0.15, -0.1) is 0 Å². The smallest absolute Gasteiger partial charge is 0.206 e. The van der Waals surface area contributed by atoms with Crippen LogP contribution in [0.15, 0.2) is 58.3 Å². The van der Waals surface area contributed by atoms with E-state index in [4.69, 9.17) is 0 Å². The normalized spacial score (nSPS) is 11.4. The SMILES string of the molecule is Cc1cc(F)ccc1S(=O)(=O)c1ccccc1. The van der Waals surface area contributed by atoms with E-state index in [0.717, 1.165) is 6.07 Å². The Morgan fingerprint density at radius 2 is 1.65 bits per heavy atom. The Morgan fingerprint density at radius 1 is 1.00 bits per heavy atom. The van der Waals surface area contributed by atoms with Crippen LogP contribution in [0, 0.1) is 12.7 Å². The molecule has 0 aromatic heterocycles. The van der Waals surface area contributed by atoms with Crippen LogP contribution in [0.25, 0.3) is 0 Å². The summed E-state index contributed by atoms with van der Waals surface area (Å²) in [6.45, 7) is 1.58. The summed E-state index contributed by atoms with van der Waals surface area (Å²) < 4.78 is 37.4. The lowest BCUT2D eigenvalue weighted by molar-refractivity contribution is 0.594. The Balaban J connectivity index is 2.61. The minimum absolute atomic E-state index is 0.144. The van der Waals surface area contributed by atoms with Crippen molar-refractivity contribution in [3.8, 4) is 0 Å². The van der Waals surface area contributed by atoms with Crippen molar-refractivity contribution in [3.63, 3.8) is 0 Å². The molecule has 0 aliphatic carbocycles. The van der Waals surface area contributed by atoms with Gasteiger partial charge in [-0.05, 0) is 42.8 Å². The summed E-state index contributed by atoms with van der Waals surface area (Å²) >= 11 is 0. The first-order chi connectivity index (χ1) is 8.01. The molecule has 0 aliphatic rings. The van der Waals surface area contributed by atoms with Crippen molar-refractivity contribution in [2.45, 2.75) is 16.7 Å². The van der Waals surface area contributed by atoms with Crippen LogP contribution in [0.3, 0.4) is 0 Å². The van der Waals surface area contributed by atoms with Gasteiger partial charge in [-0.2, -0.15) is 0 Å². The van der Waals surface area contributed by atoms with Gasteiger partial charge in [-0.3, -0.25) is 0 Å². The van der Waals surface area contributed by atoms with Gasteiger partial charge in [0.15, 0.2) is 0 Å². The fraction of sp³-hybridized carbons (Fsp3) is 0.0769. The minimum atomic E-state index is -3.55. The predicted molar refractivity (Wildman–Crippen MR) is 63.0 cm³/mol. The fourth-order valence-corrected chi connectivity index (χ4v) is 3.14. The molecule has 0 unspecified atom stereocenters. The van der Waals surface area contributed by atoms with Crippen molar-refractivity contribution < 1.29 is 12.8 Å². The molecule has 0 saturated heterocycles. The molecule has 0 bridgehead atoms. The van der Waals surface area contributed by atoms with Crippen LogP contribution in [0.4, 0.5) is 4.39 Å². The van der Waals surface area contributed by atoms with Gasteiger partial charge in [-0.25, -0.2) is 12.8 Å². The maximum Gasteiger partial charge on any atom is 0.206 e. The third kappa shape index (κ3) is 2.22. The summed E-state index contributed by atoms with van der Waals surface area (Å²) in [5, 5.41) is 0. The Hall–Kier alpha value is -1.68. The molecule has 0 atom stereocenters. The topological polar surface area (TPSA) is 34.1 Å². The Labute approximate surface area is 99.6 Å². The third-order valence-electron chi connectivity index (χ3n) is 2.48. The van der Waals surface area contributed by atoms with Gasteiger partial charge >= 0.3 is 0 Å². The number of hydrogen-bond donors (Lipinski definition) is 0. The number of rotatable bonds is 2. The molecule has 0 aliphatic heterocycles. The molecule has 2 rings (SSSR count). The van der Waals surface area contributed by atoms with E-state index in [2.05, 4.69) is 0 Å². The zero-order chi connectivity index (χ0) is 12.5. The van der Waals surface area contributed by atoms with Gasteiger partial charge in [0.05, 0.1) is 9.79 Å². The minimum Gasteiger partial charge on any atom is -0.219 e. The molecule has 4 heteroatoms. The van der Waals surface area contributed by atoms with Crippen LogP contribution in [0.2, 0.25) is 0 Å². The number of sulfone groups is 1. The molecular formula is C13H11FO2S. The molecule has 17 heavy (non-hydrogen) atoms. The van der Waals surface area contributed by atoms with Crippen molar-refractivity contribution >= 4 is 9.84 Å². The quantitative estimate of drug-likeness (QED) is 0.768. The van der Waals surface area contributed by atoms with Crippen LogP contribution in [-0.2, 0) is 9.84 Å². The molecule has 0 saturated carbocycles. The number of benzene rings is 2. The van der Waals surface area contributed by atoms with E-state index in [1.807, 2.05) is 0 Å². The van der Waals surface area contributed by atoms with E-state index in [9.17, 15) is 12.8 Å². The van der Waals surface area contributed by atoms with Gasteiger partial charge in [0.2, 0.25) is 9.84 Å². The van der Waals surface area contributed by atoms with Crippen LogP contribution in [-0.4, -0.2) is 8.42 Å². The van der Waals surface area contributed by atoms with E-state index < -0.39 is 15.7 Å². The van der Waals surface area contributed by atoms with E-state index in [-0.39, 0.29) is 9.79 Å². The third-order valence-corrected chi connectivity index (χ3v) is 4.41. The van der Waals surface area contributed by atoms with Gasteiger partial charge in [0, 0.05) is 0 Å². The van der Waals surface area contributed by atoms with Crippen LogP contribution < -0.4 is 0 Å². The Bertz CT molecular complexity index is 634. The van der Waals surface area contributed by atoms with E-state index >= 15 is 0 Å². The first kappa shape index (κ1) is 11.8. The molecule has 0 fully saturated rings. The summed E-state index contributed by atoms with van der Waals surface area (Å²) in [6.07, 6.45) is 0. The maximum absolute atomic E-state index is 12.9. The second-order valence-corrected chi connectivity index (χ2v) is 5.64. The van der Waals surface area contributed by atoms with Crippen molar-refractivity contribution in [1.82, 2.24) is 0 Å². The second-order valence-electron chi connectivity index (χ2n) is 3.73. The summed E-state index contributed by atoms with van der Waals surface area (Å²) in [4.78, 5) is 0.361. The maximum atomic E-state index is 12.9. The van der Waals surface area contributed by atoms with E-state index in [1.165, 1.54) is 24.3 Å². The summed E-state index contributed by atoms with van der Waals surface area (Å²) in [5.74, 6) is -0.436. The van der Waals surface area contributed by atoms with Gasteiger partial charge < -0.3 is 0 Å². The molecule has 0 heterocycles. The average molecular weight is 250 g/mol. The fourth-order valence-electron chi connectivity index (χ4n) is 1.64. The van der Waals surface area contributed by atoms with Gasteiger partial charge in [0.1, 0.15) is 5.82 Å². The number of halogens is 1. The van der Waals surface area contributed by atoms with Gasteiger partial charge in [-0.1, -0.05) is 18.2 Å². The molecular weight excluding hydrogens is 239 g/mol. The molecule has 0 radical (unpaired) electrons. The standard InChI is InChI=1S/C13H11FO2S/c1-10-9-11(14)7-8-13(10)17(15,16)12-5-3-2-4-6-12/h2-9H,1H3. The van der Waals surface area contributed by atoms with Crippen LogP contribution >= 0.6 is 0 Å². The van der Waals surface area contributed by atoms with Crippen LogP contribution in [0.1, 0.15) is 5.56 Å². The highest BCUT2D eigenvalue weighted by atomic mass is 32.2. The zero-order valence-electron chi connectivity index (χ0n) is 9.22. The molecule has 0 spiro atoms. The second kappa shape index (κ2) is 4.30. The van der Waals surface area contributed by atoms with Crippen molar-refractivity contribution in [1.29, 1.82) is 0 Å². The number of hydrogen-bond acceptors (Lipinski definition) is 2. The number of aryl methyl sites for hydroxylation is 1. The van der Waals surface area contributed by atoms with E-state index in [1.54, 1.807) is 25.1 Å². The largest absolute Gasteiger partial charge is 0.219 e. The average Bonchev–Trinajstić information content (AvgIpc) is 2.29. The first-order valence-electron chi connectivity index (χ1n) is 5.08. The lowest BCUT2D eigenvalue weighted by Gasteiger charge is -2.07. The molecule has 2 nitrogen and oxygen atoms in total. The van der Waals surface area contributed by atoms with E-state index in [0.29, 0.717) is 5.56 Å². The van der Waals surface area contributed by atoms with Crippen molar-refractivity contribution in [2.24, 2.45) is 0 Å². The van der Waals surface area contributed by atoms with Crippen molar-refractivity contribution in [2.75, 3.05) is 0 Å². The van der Waals surface area contributed by atoms with Gasteiger partial charge in [0.25, 0.3) is 0 Å². The monoisotopic (exact) mass is 250 g/mol. The zero-order valence-corrected chi connectivity index (χ0v) is 10.0. The predicted octanol–water partition coefficient (Wildman–Crippen LogP) is 2.97. The summed E-state index contributed by atoms with van der Waals surface area (Å²) in [5.41, 5.74) is 0.411. The van der Waals surface area contributed by atoms with Crippen LogP contribution in [0.5, 0.6) is 0 Å². The Morgan fingerprint density at radius 3 is 2.24 bits per heavy atom. The highest BCUT2D eigenvalue weighted by Crippen LogP contribution is 2.23. The highest BCUT2D eigenvalue weighted by molar-refractivity contribution is 7.91. The lowest BCUT2D eigenvalue weighted by Crippen LogP contribution is -2.04. The Kier molecular flexibility index (Phi) is 2.98. The molecule has 2 aromatic rings. The van der Waals surface area contributed by atoms with Crippen molar-refractivity contribution in [3.05, 3.63) is 59.9 Å². The molecule has 88 valence electrons. The lowest BCUT2D eigenvalue weighted by atomic mass is 10.2. The first-order valence-corrected chi connectivity index (χ1v) is 6.56. The summed E-state index contributed by atoms with van der Waals surface area (Å²) in [6, 6.07) is 11.8. The molecule has 2 aromatic carbocycles. The molecule has 0 amide bonds.